The maximum atomic E-state index is 10.8. The summed E-state index contributed by atoms with van der Waals surface area (Å²) in [5, 5.41) is 1.00. The van der Waals surface area contributed by atoms with Crippen molar-refractivity contribution < 1.29 is 4.79 Å². The van der Waals surface area contributed by atoms with E-state index in [1.807, 2.05) is 0 Å². The smallest absolute Gasteiger partial charge is 0.169 e. The first-order valence-corrected chi connectivity index (χ1v) is 5.18. The van der Waals surface area contributed by atoms with Crippen LogP contribution in [0.5, 0.6) is 0 Å². The molecule has 80 valence electrons. The zero-order valence-corrected chi connectivity index (χ0v) is 9.53. The predicted octanol–water partition coefficient (Wildman–Crippen LogP) is 3.26. The highest BCUT2D eigenvalue weighted by Crippen LogP contribution is 2.30. The van der Waals surface area contributed by atoms with Gasteiger partial charge in [0.2, 0.25) is 0 Å². The van der Waals surface area contributed by atoms with Crippen LogP contribution in [0.2, 0.25) is 10.0 Å². The van der Waals surface area contributed by atoms with Crippen molar-refractivity contribution in [2.45, 2.75) is 0 Å². The molecule has 0 N–H and O–H groups in total. The fourth-order valence-corrected chi connectivity index (χ4v) is 1.86. The number of carbonyl (C=O) groups excluding carboxylic acids is 1. The van der Waals surface area contributed by atoms with Crippen LogP contribution in [-0.4, -0.2) is 16.3 Å². The third kappa shape index (κ3) is 2.05. The number of halogens is 2. The fourth-order valence-electron chi connectivity index (χ4n) is 1.35. The minimum atomic E-state index is 0.305. The molecule has 0 aliphatic heterocycles. The minimum absolute atomic E-state index is 0.305. The maximum Gasteiger partial charge on any atom is 0.169 e. The van der Waals surface area contributed by atoms with E-state index in [1.54, 1.807) is 24.4 Å². The van der Waals surface area contributed by atoms with Gasteiger partial charge in [-0.25, -0.2) is 9.97 Å². The van der Waals surface area contributed by atoms with Gasteiger partial charge in [-0.15, -0.1) is 0 Å². The van der Waals surface area contributed by atoms with Crippen LogP contribution >= 0.6 is 23.2 Å². The SMILES string of the molecule is O=Cc1ncncc1-c1ccc(Cl)cc1Cl. The monoisotopic (exact) mass is 252 g/mol. The van der Waals surface area contributed by atoms with E-state index >= 15 is 0 Å². The molecule has 0 aliphatic carbocycles. The van der Waals surface area contributed by atoms with Gasteiger partial charge in [0.1, 0.15) is 12.0 Å². The molecule has 1 aromatic carbocycles. The van der Waals surface area contributed by atoms with E-state index in [0.717, 1.165) is 0 Å². The second kappa shape index (κ2) is 4.60. The van der Waals surface area contributed by atoms with Crippen molar-refractivity contribution in [1.82, 2.24) is 9.97 Å². The summed E-state index contributed by atoms with van der Waals surface area (Å²) < 4.78 is 0. The second-order valence-corrected chi connectivity index (χ2v) is 3.91. The largest absolute Gasteiger partial charge is 0.296 e. The summed E-state index contributed by atoms with van der Waals surface area (Å²) in [7, 11) is 0. The molecule has 0 aliphatic rings. The summed E-state index contributed by atoms with van der Waals surface area (Å²) in [5.74, 6) is 0. The molecule has 0 atom stereocenters. The van der Waals surface area contributed by atoms with Crippen LogP contribution in [0.4, 0.5) is 0 Å². The van der Waals surface area contributed by atoms with Gasteiger partial charge in [0, 0.05) is 22.3 Å². The van der Waals surface area contributed by atoms with Crippen molar-refractivity contribution >= 4 is 29.5 Å². The molecule has 0 unspecified atom stereocenters. The van der Waals surface area contributed by atoms with Crippen LogP contribution in [0.1, 0.15) is 10.5 Å². The lowest BCUT2D eigenvalue weighted by Gasteiger charge is -2.05. The van der Waals surface area contributed by atoms with Crippen molar-refractivity contribution in [2.24, 2.45) is 0 Å². The van der Waals surface area contributed by atoms with Crippen molar-refractivity contribution in [1.29, 1.82) is 0 Å². The van der Waals surface area contributed by atoms with Gasteiger partial charge in [-0.05, 0) is 12.1 Å². The summed E-state index contributed by atoms with van der Waals surface area (Å²) in [5.41, 5.74) is 1.59. The highest BCUT2D eigenvalue weighted by molar-refractivity contribution is 6.36. The Labute approximate surface area is 102 Å². The Bertz CT molecular complexity index is 543. The third-order valence-corrected chi connectivity index (χ3v) is 2.62. The number of aldehydes is 1. The molecule has 0 saturated carbocycles. The molecule has 2 aromatic rings. The first-order valence-electron chi connectivity index (χ1n) is 4.43. The van der Waals surface area contributed by atoms with E-state index in [0.29, 0.717) is 33.2 Å². The Balaban J connectivity index is 2.62. The first kappa shape index (κ1) is 11.0. The molecule has 0 fully saturated rings. The van der Waals surface area contributed by atoms with Gasteiger partial charge >= 0.3 is 0 Å². The zero-order valence-electron chi connectivity index (χ0n) is 8.02. The van der Waals surface area contributed by atoms with Crippen LogP contribution in [0.3, 0.4) is 0 Å². The number of hydrogen-bond acceptors (Lipinski definition) is 3. The Morgan fingerprint density at radius 1 is 1.19 bits per heavy atom. The molecular formula is C11H6Cl2N2O. The second-order valence-electron chi connectivity index (χ2n) is 3.06. The summed E-state index contributed by atoms with van der Waals surface area (Å²) >= 11 is 11.8. The zero-order chi connectivity index (χ0) is 11.5. The van der Waals surface area contributed by atoms with E-state index in [9.17, 15) is 4.79 Å². The summed E-state index contributed by atoms with van der Waals surface area (Å²) in [6.45, 7) is 0. The molecule has 16 heavy (non-hydrogen) atoms. The van der Waals surface area contributed by atoms with Crippen LogP contribution in [-0.2, 0) is 0 Å². The highest BCUT2D eigenvalue weighted by atomic mass is 35.5. The standard InChI is InChI=1S/C11H6Cl2N2O/c12-7-1-2-8(10(13)3-7)9-4-14-6-15-11(9)5-16/h1-6H. The predicted molar refractivity (Wildman–Crippen MR) is 62.9 cm³/mol. The lowest BCUT2D eigenvalue weighted by Crippen LogP contribution is -1.93. The number of aromatic nitrogens is 2. The third-order valence-electron chi connectivity index (χ3n) is 2.08. The molecule has 1 heterocycles. The molecule has 0 radical (unpaired) electrons. The molecule has 3 nitrogen and oxygen atoms in total. The fraction of sp³-hybridized carbons (Fsp3) is 0. The van der Waals surface area contributed by atoms with Crippen molar-refractivity contribution in [3.05, 3.63) is 46.5 Å². The molecular weight excluding hydrogens is 247 g/mol. The molecule has 0 amide bonds. The van der Waals surface area contributed by atoms with Gasteiger partial charge in [-0.3, -0.25) is 4.79 Å². The lowest BCUT2D eigenvalue weighted by atomic mass is 10.1. The first-order chi connectivity index (χ1) is 7.72. The number of benzene rings is 1. The highest BCUT2D eigenvalue weighted by Gasteiger charge is 2.09. The quantitative estimate of drug-likeness (QED) is 0.771. The van der Waals surface area contributed by atoms with Crippen molar-refractivity contribution in [3.8, 4) is 11.1 Å². The van der Waals surface area contributed by atoms with Crippen LogP contribution in [0.15, 0.2) is 30.7 Å². The summed E-state index contributed by atoms with van der Waals surface area (Å²) in [6.07, 6.45) is 3.53. The molecule has 2 rings (SSSR count). The van der Waals surface area contributed by atoms with Gasteiger partial charge in [0.25, 0.3) is 0 Å². The van der Waals surface area contributed by atoms with Crippen LogP contribution in [0, 0.1) is 0 Å². The number of carbonyl (C=O) groups is 1. The minimum Gasteiger partial charge on any atom is -0.296 e. The Kier molecular flexibility index (Phi) is 3.17. The van der Waals surface area contributed by atoms with E-state index in [2.05, 4.69) is 9.97 Å². The van der Waals surface area contributed by atoms with Gasteiger partial charge in [-0.1, -0.05) is 29.3 Å². The Hall–Kier alpha value is -1.45. The average Bonchev–Trinajstić information content (AvgIpc) is 2.29. The topological polar surface area (TPSA) is 42.9 Å². The average molecular weight is 253 g/mol. The normalized spacial score (nSPS) is 10.1. The van der Waals surface area contributed by atoms with E-state index < -0.39 is 0 Å². The van der Waals surface area contributed by atoms with Crippen molar-refractivity contribution in [2.75, 3.05) is 0 Å². The Morgan fingerprint density at radius 3 is 2.69 bits per heavy atom. The Morgan fingerprint density at radius 2 is 2.00 bits per heavy atom. The van der Waals surface area contributed by atoms with Gasteiger partial charge in [0.15, 0.2) is 6.29 Å². The molecule has 1 aromatic heterocycles. The number of rotatable bonds is 2. The van der Waals surface area contributed by atoms with E-state index in [-0.39, 0.29) is 0 Å². The molecule has 5 heteroatoms. The van der Waals surface area contributed by atoms with Crippen LogP contribution in [0.25, 0.3) is 11.1 Å². The van der Waals surface area contributed by atoms with Crippen LogP contribution < -0.4 is 0 Å². The molecule has 0 saturated heterocycles. The molecule has 0 bridgehead atoms. The lowest BCUT2D eigenvalue weighted by molar-refractivity contribution is 0.111. The van der Waals surface area contributed by atoms with Gasteiger partial charge in [-0.2, -0.15) is 0 Å². The number of nitrogens with zero attached hydrogens (tertiary/aromatic N) is 2. The summed E-state index contributed by atoms with van der Waals surface area (Å²) in [4.78, 5) is 18.6. The van der Waals surface area contributed by atoms with Gasteiger partial charge in [0.05, 0.1) is 5.02 Å². The maximum absolute atomic E-state index is 10.8. The van der Waals surface area contributed by atoms with E-state index in [4.69, 9.17) is 23.2 Å². The number of hydrogen-bond donors (Lipinski definition) is 0. The van der Waals surface area contributed by atoms with E-state index in [1.165, 1.54) is 6.33 Å². The molecule has 0 spiro atoms. The van der Waals surface area contributed by atoms with Crippen molar-refractivity contribution in [3.63, 3.8) is 0 Å². The van der Waals surface area contributed by atoms with Gasteiger partial charge < -0.3 is 0 Å². The summed E-state index contributed by atoms with van der Waals surface area (Å²) in [6, 6.07) is 5.04.